The number of nitrogens with one attached hydrogen (secondary N) is 1. The molecule has 2 rings (SSSR count). The highest BCUT2D eigenvalue weighted by molar-refractivity contribution is 7.89. The van der Waals surface area contributed by atoms with Crippen molar-refractivity contribution < 1.29 is 8.42 Å². The quantitative estimate of drug-likeness (QED) is 0.886. The second-order valence-electron chi connectivity index (χ2n) is 4.78. The van der Waals surface area contributed by atoms with Crippen LogP contribution in [0.5, 0.6) is 0 Å². The topological polar surface area (TPSA) is 76.9 Å². The number of nitrogens with zero attached hydrogens (tertiary/aromatic N) is 3. The van der Waals surface area contributed by atoms with Gasteiger partial charge in [0.25, 0.3) is 10.0 Å². The summed E-state index contributed by atoms with van der Waals surface area (Å²) in [4.78, 5) is 4.23. The maximum atomic E-state index is 12.6. The van der Waals surface area contributed by atoms with E-state index in [0.717, 1.165) is 0 Å². The molecule has 21 heavy (non-hydrogen) atoms. The third kappa shape index (κ3) is 3.48. The van der Waals surface area contributed by atoms with Crippen molar-refractivity contribution in [2.75, 3.05) is 0 Å². The maximum absolute atomic E-state index is 12.6. The molecule has 2 aromatic rings. The van der Waals surface area contributed by atoms with E-state index in [1.54, 1.807) is 25.3 Å². The van der Waals surface area contributed by atoms with Crippen molar-refractivity contribution in [3.63, 3.8) is 0 Å². The van der Waals surface area contributed by atoms with Crippen LogP contribution in [0.4, 0.5) is 0 Å². The van der Waals surface area contributed by atoms with Gasteiger partial charge in [-0.2, -0.15) is 5.10 Å². The minimum absolute atomic E-state index is 0.192. The Morgan fingerprint density at radius 1 is 1.33 bits per heavy atom. The summed E-state index contributed by atoms with van der Waals surface area (Å²) < 4.78 is 29.3. The Bertz CT molecular complexity index is 695. The van der Waals surface area contributed by atoms with Gasteiger partial charge in [-0.1, -0.05) is 13.0 Å². The fourth-order valence-electron chi connectivity index (χ4n) is 2.15. The van der Waals surface area contributed by atoms with E-state index in [-0.39, 0.29) is 11.1 Å². The highest BCUT2D eigenvalue weighted by atomic mass is 32.2. The van der Waals surface area contributed by atoms with E-state index in [0.29, 0.717) is 24.4 Å². The third-order valence-corrected chi connectivity index (χ3v) is 4.66. The molecule has 0 aromatic carbocycles. The molecule has 1 atom stereocenters. The number of hydrogen-bond donors (Lipinski definition) is 1. The highest BCUT2D eigenvalue weighted by Gasteiger charge is 2.24. The molecule has 7 heteroatoms. The number of pyridine rings is 1. The lowest BCUT2D eigenvalue weighted by Crippen LogP contribution is -2.30. The Balaban J connectivity index is 2.31. The summed E-state index contributed by atoms with van der Waals surface area (Å²) in [6.45, 7) is 6.07. The van der Waals surface area contributed by atoms with E-state index < -0.39 is 10.0 Å². The van der Waals surface area contributed by atoms with Gasteiger partial charge in [0.2, 0.25) is 0 Å². The Labute approximate surface area is 125 Å². The molecule has 0 aliphatic heterocycles. The molecule has 0 radical (unpaired) electrons. The van der Waals surface area contributed by atoms with Crippen LogP contribution in [0, 0.1) is 6.92 Å². The molecule has 0 amide bonds. The van der Waals surface area contributed by atoms with Crippen LogP contribution in [0.2, 0.25) is 0 Å². The monoisotopic (exact) mass is 308 g/mol. The Morgan fingerprint density at radius 2 is 2.10 bits per heavy atom. The van der Waals surface area contributed by atoms with Crippen molar-refractivity contribution in [3.05, 3.63) is 41.9 Å². The molecule has 6 nitrogen and oxygen atoms in total. The zero-order valence-electron chi connectivity index (χ0n) is 12.4. The molecular formula is C14H20N4O2S. The SMILES string of the molecule is CCC(NS(=O)(=O)c1cc(C)nn1CC)c1ccccn1. The van der Waals surface area contributed by atoms with E-state index in [9.17, 15) is 8.42 Å². The third-order valence-electron chi connectivity index (χ3n) is 3.19. The smallest absolute Gasteiger partial charge is 0.258 e. The summed E-state index contributed by atoms with van der Waals surface area (Å²) in [5.41, 5.74) is 1.39. The lowest BCUT2D eigenvalue weighted by atomic mass is 10.1. The Hall–Kier alpha value is -1.73. The molecule has 114 valence electrons. The molecule has 1 N–H and O–H groups in total. The first-order chi connectivity index (χ1) is 9.97. The summed E-state index contributed by atoms with van der Waals surface area (Å²) in [5.74, 6) is 0. The zero-order valence-corrected chi connectivity index (χ0v) is 13.3. The van der Waals surface area contributed by atoms with Gasteiger partial charge in [0.05, 0.1) is 17.4 Å². The van der Waals surface area contributed by atoms with E-state index in [4.69, 9.17) is 0 Å². The highest BCUT2D eigenvalue weighted by Crippen LogP contribution is 2.19. The van der Waals surface area contributed by atoms with Gasteiger partial charge in [0, 0.05) is 12.7 Å². The average Bonchev–Trinajstić information content (AvgIpc) is 2.88. The van der Waals surface area contributed by atoms with Crippen LogP contribution in [0.3, 0.4) is 0 Å². The maximum Gasteiger partial charge on any atom is 0.258 e. The van der Waals surface area contributed by atoms with Gasteiger partial charge in [0.15, 0.2) is 5.03 Å². The number of aryl methyl sites for hydroxylation is 2. The minimum Gasteiger partial charge on any atom is -0.260 e. The van der Waals surface area contributed by atoms with Crippen molar-refractivity contribution in [3.8, 4) is 0 Å². The molecule has 2 heterocycles. The molecule has 0 saturated heterocycles. The second-order valence-corrected chi connectivity index (χ2v) is 6.44. The van der Waals surface area contributed by atoms with Crippen LogP contribution < -0.4 is 4.72 Å². The first-order valence-corrected chi connectivity index (χ1v) is 8.44. The minimum atomic E-state index is -3.63. The number of aromatic nitrogens is 3. The average molecular weight is 308 g/mol. The normalized spacial score (nSPS) is 13.3. The standard InChI is InChI=1S/C14H20N4O2S/c1-4-12(13-8-6-7-9-15-13)17-21(19,20)14-10-11(3)16-18(14)5-2/h6-10,12,17H,4-5H2,1-3H3. The summed E-state index contributed by atoms with van der Waals surface area (Å²) in [5, 5.41) is 4.37. The van der Waals surface area contributed by atoms with E-state index in [2.05, 4.69) is 14.8 Å². The summed E-state index contributed by atoms with van der Waals surface area (Å²) in [7, 11) is -3.63. The van der Waals surface area contributed by atoms with Gasteiger partial charge in [0.1, 0.15) is 0 Å². The number of hydrogen-bond acceptors (Lipinski definition) is 4. The summed E-state index contributed by atoms with van der Waals surface area (Å²) in [6, 6.07) is 6.70. The van der Waals surface area contributed by atoms with Crippen LogP contribution in [0.25, 0.3) is 0 Å². The Morgan fingerprint density at radius 3 is 2.67 bits per heavy atom. The molecule has 2 aromatic heterocycles. The second kappa shape index (κ2) is 6.36. The van der Waals surface area contributed by atoms with Crippen molar-refractivity contribution in [1.29, 1.82) is 0 Å². The van der Waals surface area contributed by atoms with Crippen molar-refractivity contribution in [1.82, 2.24) is 19.5 Å². The van der Waals surface area contributed by atoms with Gasteiger partial charge in [-0.15, -0.1) is 0 Å². The summed E-state index contributed by atoms with van der Waals surface area (Å²) >= 11 is 0. The molecule has 0 bridgehead atoms. The zero-order chi connectivity index (χ0) is 15.5. The van der Waals surface area contributed by atoms with Gasteiger partial charge >= 0.3 is 0 Å². The van der Waals surface area contributed by atoms with Crippen LogP contribution >= 0.6 is 0 Å². The van der Waals surface area contributed by atoms with E-state index in [1.165, 1.54) is 4.68 Å². The van der Waals surface area contributed by atoms with E-state index >= 15 is 0 Å². The fourth-order valence-corrected chi connectivity index (χ4v) is 3.70. The molecule has 1 unspecified atom stereocenters. The largest absolute Gasteiger partial charge is 0.260 e. The first-order valence-electron chi connectivity index (χ1n) is 6.95. The van der Waals surface area contributed by atoms with Crippen molar-refractivity contribution >= 4 is 10.0 Å². The molecule has 0 fully saturated rings. The summed E-state index contributed by atoms with van der Waals surface area (Å²) in [6.07, 6.45) is 2.28. The van der Waals surface area contributed by atoms with Gasteiger partial charge < -0.3 is 0 Å². The van der Waals surface area contributed by atoms with Crippen LogP contribution in [0.15, 0.2) is 35.5 Å². The predicted octanol–water partition coefficient (Wildman–Crippen LogP) is 2.04. The van der Waals surface area contributed by atoms with Crippen LogP contribution in [-0.4, -0.2) is 23.2 Å². The van der Waals surface area contributed by atoms with Crippen LogP contribution in [0.1, 0.15) is 37.7 Å². The first kappa shape index (κ1) is 15.7. The van der Waals surface area contributed by atoms with Crippen molar-refractivity contribution in [2.24, 2.45) is 0 Å². The molecular weight excluding hydrogens is 288 g/mol. The molecule has 0 aliphatic rings. The number of sulfonamides is 1. The molecule has 0 aliphatic carbocycles. The lowest BCUT2D eigenvalue weighted by Gasteiger charge is -2.16. The van der Waals surface area contributed by atoms with E-state index in [1.807, 2.05) is 26.0 Å². The fraction of sp³-hybridized carbons (Fsp3) is 0.429. The molecule has 0 spiro atoms. The Kier molecular flexibility index (Phi) is 4.74. The van der Waals surface area contributed by atoms with Crippen LogP contribution in [-0.2, 0) is 16.6 Å². The van der Waals surface area contributed by atoms with Gasteiger partial charge in [-0.3, -0.25) is 9.67 Å². The lowest BCUT2D eigenvalue weighted by molar-refractivity contribution is 0.520. The van der Waals surface area contributed by atoms with Gasteiger partial charge in [-0.05, 0) is 38.5 Å². The number of rotatable bonds is 6. The van der Waals surface area contributed by atoms with Crippen molar-refractivity contribution in [2.45, 2.75) is 44.8 Å². The predicted molar refractivity (Wildman–Crippen MR) is 80.2 cm³/mol. The molecule has 0 saturated carbocycles. The van der Waals surface area contributed by atoms with Gasteiger partial charge in [-0.25, -0.2) is 13.1 Å².